The fourth-order valence-electron chi connectivity index (χ4n) is 1.28. The lowest BCUT2D eigenvalue weighted by molar-refractivity contribution is -0.138. The number of carboxylic acid groups (broad SMARTS) is 1. The summed E-state index contributed by atoms with van der Waals surface area (Å²) in [7, 11) is 0. The summed E-state index contributed by atoms with van der Waals surface area (Å²) in [5.41, 5.74) is 0. The maximum Gasteiger partial charge on any atom is 0.305 e. The second kappa shape index (κ2) is 6.31. The van der Waals surface area contributed by atoms with Gasteiger partial charge in [-0.25, -0.2) is 0 Å². The van der Waals surface area contributed by atoms with E-state index in [1.807, 2.05) is 12.1 Å². The topological polar surface area (TPSA) is 91.1 Å². The van der Waals surface area contributed by atoms with Gasteiger partial charge < -0.3 is 10.4 Å². The molecule has 1 amide bonds. The Hall–Kier alpha value is -1.19. The molecule has 1 aromatic rings. The lowest BCUT2D eigenvalue weighted by Gasteiger charge is -1.97. The van der Waals surface area contributed by atoms with Gasteiger partial charge in [-0.15, -0.1) is 16.4 Å². The van der Waals surface area contributed by atoms with E-state index in [0.717, 1.165) is 20.4 Å². The molecule has 0 radical (unpaired) electrons. The Morgan fingerprint density at radius 2 is 2.37 bits per heavy atom. The predicted octanol–water partition coefficient (Wildman–Crippen LogP) is 1.91. The number of carboxylic acids is 1. The molecular formula is C10H8BrN3O3S2. The zero-order valence-corrected chi connectivity index (χ0v) is 12.6. The van der Waals surface area contributed by atoms with Gasteiger partial charge in [-0.1, -0.05) is 11.8 Å². The molecule has 0 saturated carbocycles. The molecule has 9 heteroatoms. The highest BCUT2D eigenvalue weighted by atomic mass is 79.9. The molecule has 100 valence electrons. The molecule has 1 fully saturated rings. The average molecular weight is 362 g/mol. The van der Waals surface area contributed by atoms with Crippen molar-refractivity contribution in [3.8, 4) is 0 Å². The highest BCUT2D eigenvalue weighted by molar-refractivity contribution is 9.11. The van der Waals surface area contributed by atoms with Crippen molar-refractivity contribution < 1.29 is 14.7 Å². The van der Waals surface area contributed by atoms with E-state index in [0.29, 0.717) is 5.17 Å². The number of nitrogens with zero attached hydrogens (tertiary/aromatic N) is 2. The number of carbonyl (C=O) groups is 2. The molecule has 2 rings (SSSR count). The molecule has 1 unspecified atom stereocenters. The number of hydrogen-bond acceptors (Lipinski definition) is 6. The summed E-state index contributed by atoms with van der Waals surface area (Å²) in [6, 6.07) is 3.78. The second-order valence-electron chi connectivity index (χ2n) is 3.49. The van der Waals surface area contributed by atoms with Gasteiger partial charge in [0.15, 0.2) is 5.17 Å². The molecule has 2 heterocycles. The van der Waals surface area contributed by atoms with E-state index < -0.39 is 11.2 Å². The number of thioether (sulfide) groups is 1. The number of nitrogens with one attached hydrogen (secondary N) is 1. The van der Waals surface area contributed by atoms with E-state index >= 15 is 0 Å². The smallest absolute Gasteiger partial charge is 0.305 e. The summed E-state index contributed by atoms with van der Waals surface area (Å²) in [5.74, 6) is -1.36. The van der Waals surface area contributed by atoms with E-state index in [1.165, 1.54) is 11.3 Å². The van der Waals surface area contributed by atoms with E-state index in [-0.39, 0.29) is 12.3 Å². The highest BCUT2D eigenvalue weighted by Crippen LogP contribution is 2.23. The third-order valence-electron chi connectivity index (χ3n) is 2.06. The molecule has 1 saturated heterocycles. The summed E-state index contributed by atoms with van der Waals surface area (Å²) >= 11 is 5.92. The predicted molar refractivity (Wildman–Crippen MR) is 78.8 cm³/mol. The van der Waals surface area contributed by atoms with Gasteiger partial charge in [0.1, 0.15) is 5.25 Å². The number of amides is 1. The molecule has 2 N–H and O–H groups in total. The minimum absolute atomic E-state index is 0.225. The molecule has 0 bridgehead atoms. The summed E-state index contributed by atoms with van der Waals surface area (Å²) in [6.07, 6.45) is 1.34. The van der Waals surface area contributed by atoms with Crippen molar-refractivity contribution in [3.05, 3.63) is 20.8 Å². The van der Waals surface area contributed by atoms with Crippen LogP contribution < -0.4 is 5.32 Å². The standard InChI is InChI=1S/C10H8BrN3O3S2/c11-7-2-1-5(18-7)4-12-14-10-13-9(17)6(19-10)3-8(15)16/h1-2,4,6H,3H2,(H,15,16)(H,13,14,17). The van der Waals surface area contributed by atoms with Gasteiger partial charge in [0, 0.05) is 4.88 Å². The van der Waals surface area contributed by atoms with Crippen molar-refractivity contribution >= 4 is 62.3 Å². The van der Waals surface area contributed by atoms with Crippen LogP contribution in [0.3, 0.4) is 0 Å². The van der Waals surface area contributed by atoms with Crippen molar-refractivity contribution in [1.82, 2.24) is 5.32 Å². The van der Waals surface area contributed by atoms with Gasteiger partial charge in [-0.3, -0.25) is 9.59 Å². The molecular weight excluding hydrogens is 354 g/mol. The fraction of sp³-hybridized carbons (Fsp3) is 0.200. The van der Waals surface area contributed by atoms with Gasteiger partial charge >= 0.3 is 5.97 Å². The molecule has 19 heavy (non-hydrogen) atoms. The van der Waals surface area contributed by atoms with Gasteiger partial charge in [-0.05, 0) is 28.1 Å². The Labute approximate surface area is 125 Å². The molecule has 0 aliphatic carbocycles. The lowest BCUT2D eigenvalue weighted by atomic mass is 10.3. The van der Waals surface area contributed by atoms with E-state index in [2.05, 4.69) is 31.4 Å². The van der Waals surface area contributed by atoms with Crippen LogP contribution in [0, 0.1) is 0 Å². The molecule has 1 atom stereocenters. The zero-order valence-electron chi connectivity index (χ0n) is 9.37. The zero-order chi connectivity index (χ0) is 13.8. The van der Waals surface area contributed by atoms with E-state index in [9.17, 15) is 9.59 Å². The second-order valence-corrected chi connectivity index (χ2v) is 7.17. The SMILES string of the molecule is O=C(O)CC1SC(=NN=Cc2ccc(Br)s2)NC1=O. The summed E-state index contributed by atoms with van der Waals surface area (Å²) in [6.45, 7) is 0. The maximum absolute atomic E-state index is 11.4. The lowest BCUT2D eigenvalue weighted by Crippen LogP contribution is -2.26. The molecule has 6 nitrogen and oxygen atoms in total. The Morgan fingerprint density at radius 3 is 3.00 bits per heavy atom. The number of carbonyl (C=O) groups excluding carboxylic acids is 1. The van der Waals surface area contributed by atoms with Crippen molar-refractivity contribution in [2.75, 3.05) is 0 Å². The quantitative estimate of drug-likeness (QED) is 0.632. The first-order valence-electron chi connectivity index (χ1n) is 5.10. The van der Waals surface area contributed by atoms with E-state index in [1.54, 1.807) is 6.21 Å². The summed E-state index contributed by atoms with van der Waals surface area (Å²) < 4.78 is 0.992. The highest BCUT2D eigenvalue weighted by Gasteiger charge is 2.32. The molecule has 1 aromatic heterocycles. The Morgan fingerprint density at radius 1 is 1.58 bits per heavy atom. The number of thiophene rings is 1. The third kappa shape index (κ3) is 4.15. The van der Waals surface area contributed by atoms with Crippen molar-refractivity contribution in [3.63, 3.8) is 0 Å². The minimum Gasteiger partial charge on any atom is -0.481 e. The Balaban J connectivity index is 1.96. The summed E-state index contributed by atoms with van der Waals surface area (Å²) in [4.78, 5) is 22.9. The third-order valence-corrected chi connectivity index (χ3v) is 4.69. The van der Waals surface area contributed by atoms with Crippen molar-refractivity contribution in [2.45, 2.75) is 11.7 Å². The first-order chi connectivity index (χ1) is 9.04. The van der Waals surface area contributed by atoms with Crippen molar-refractivity contribution in [1.29, 1.82) is 0 Å². The van der Waals surface area contributed by atoms with Crippen LogP contribution in [0.4, 0.5) is 0 Å². The van der Waals surface area contributed by atoms with Crippen LogP contribution >= 0.6 is 39.0 Å². The number of hydrogen-bond donors (Lipinski definition) is 2. The number of halogens is 1. The monoisotopic (exact) mass is 361 g/mol. The largest absolute Gasteiger partial charge is 0.481 e. The van der Waals surface area contributed by atoms with Crippen LogP contribution in [-0.4, -0.2) is 33.6 Å². The molecule has 0 spiro atoms. The van der Waals surface area contributed by atoms with Gasteiger partial charge in [0.2, 0.25) is 5.91 Å². The molecule has 0 aromatic carbocycles. The average Bonchev–Trinajstić information content (AvgIpc) is 2.86. The maximum atomic E-state index is 11.4. The van der Waals surface area contributed by atoms with Crippen LogP contribution in [0.25, 0.3) is 0 Å². The van der Waals surface area contributed by atoms with Crippen LogP contribution in [0.15, 0.2) is 26.1 Å². The number of rotatable bonds is 4. The van der Waals surface area contributed by atoms with E-state index in [4.69, 9.17) is 5.11 Å². The molecule has 1 aliphatic heterocycles. The first-order valence-corrected chi connectivity index (χ1v) is 7.59. The minimum atomic E-state index is -1.01. The van der Waals surface area contributed by atoms with Crippen LogP contribution in [0.5, 0.6) is 0 Å². The fourth-order valence-corrected chi connectivity index (χ4v) is 3.49. The molecule has 1 aliphatic rings. The van der Waals surface area contributed by atoms with Gasteiger partial charge in [0.25, 0.3) is 0 Å². The first kappa shape index (κ1) is 14.2. The van der Waals surface area contributed by atoms with Gasteiger partial charge in [-0.2, -0.15) is 5.10 Å². The number of amidine groups is 1. The number of aliphatic carboxylic acids is 1. The van der Waals surface area contributed by atoms with Crippen molar-refractivity contribution in [2.24, 2.45) is 10.2 Å². The van der Waals surface area contributed by atoms with Crippen LogP contribution in [0.2, 0.25) is 0 Å². The van der Waals surface area contributed by atoms with Crippen LogP contribution in [-0.2, 0) is 9.59 Å². The Bertz CT molecular complexity index is 570. The summed E-state index contributed by atoms with van der Waals surface area (Å²) in [5, 5.41) is 18.5. The van der Waals surface area contributed by atoms with Crippen LogP contribution in [0.1, 0.15) is 11.3 Å². The van der Waals surface area contributed by atoms with Gasteiger partial charge in [0.05, 0.1) is 16.4 Å². The normalized spacial score (nSPS) is 21.2. The Kier molecular flexibility index (Phi) is 4.72.